The van der Waals surface area contributed by atoms with Crippen LogP contribution in [-0.2, 0) is 4.79 Å². The molecule has 3 heterocycles. The zero-order chi connectivity index (χ0) is 17.4. The lowest BCUT2D eigenvalue weighted by Gasteiger charge is -2.41. The lowest BCUT2D eigenvalue weighted by atomic mass is 9.79. The maximum absolute atomic E-state index is 14.1. The highest BCUT2D eigenvalue weighted by atomic mass is 19.1. The van der Waals surface area contributed by atoms with E-state index in [0.717, 1.165) is 30.5 Å². The van der Waals surface area contributed by atoms with Gasteiger partial charge in [0.2, 0.25) is 5.91 Å². The highest BCUT2D eigenvalue weighted by Gasteiger charge is 2.41. The van der Waals surface area contributed by atoms with E-state index in [4.69, 9.17) is 0 Å². The van der Waals surface area contributed by atoms with Gasteiger partial charge in [0.15, 0.2) is 0 Å². The van der Waals surface area contributed by atoms with Gasteiger partial charge in [0.25, 0.3) is 0 Å². The summed E-state index contributed by atoms with van der Waals surface area (Å²) >= 11 is 0. The largest absolute Gasteiger partial charge is 0.339 e. The van der Waals surface area contributed by atoms with E-state index in [-0.39, 0.29) is 24.4 Å². The number of halogens is 1. The summed E-state index contributed by atoms with van der Waals surface area (Å²) in [5.74, 6) is 0.0447. The van der Waals surface area contributed by atoms with Gasteiger partial charge in [-0.3, -0.25) is 4.79 Å². The third kappa shape index (κ3) is 3.25. The van der Waals surface area contributed by atoms with E-state index in [2.05, 4.69) is 20.3 Å². The smallest absolute Gasteiger partial charge is 0.225 e. The zero-order valence-electron chi connectivity index (χ0n) is 14.2. The SMILES string of the molecule is CC1(F)CCCN(C(=O)C2CC(n3cc(-c4cncnc4)nn3)C2)C1. The van der Waals surface area contributed by atoms with Crippen LogP contribution in [0.3, 0.4) is 0 Å². The first kappa shape index (κ1) is 16.1. The minimum absolute atomic E-state index is 0.0355. The first-order valence-electron chi connectivity index (χ1n) is 8.67. The van der Waals surface area contributed by atoms with Gasteiger partial charge in [-0.05, 0) is 32.6 Å². The second-order valence-corrected chi connectivity index (χ2v) is 7.31. The Balaban J connectivity index is 1.36. The molecule has 1 atom stereocenters. The van der Waals surface area contributed by atoms with Crippen molar-refractivity contribution in [2.75, 3.05) is 13.1 Å². The highest BCUT2D eigenvalue weighted by Crippen LogP contribution is 2.39. The first-order chi connectivity index (χ1) is 12.0. The zero-order valence-corrected chi connectivity index (χ0v) is 14.2. The Bertz CT molecular complexity index is 756. The van der Waals surface area contributed by atoms with E-state index in [1.54, 1.807) is 24.2 Å². The molecule has 25 heavy (non-hydrogen) atoms. The molecule has 1 amide bonds. The molecule has 1 aliphatic carbocycles. The van der Waals surface area contributed by atoms with Crippen LogP contribution in [0.5, 0.6) is 0 Å². The van der Waals surface area contributed by atoms with Gasteiger partial charge in [0.05, 0.1) is 18.8 Å². The topological polar surface area (TPSA) is 76.8 Å². The molecule has 2 aromatic heterocycles. The minimum Gasteiger partial charge on any atom is -0.339 e. The second-order valence-electron chi connectivity index (χ2n) is 7.31. The molecule has 2 fully saturated rings. The summed E-state index contributed by atoms with van der Waals surface area (Å²) in [5.41, 5.74) is 0.283. The monoisotopic (exact) mass is 344 g/mol. The van der Waals surface area contributed by atoms with Gasteiger partial charge < -0.3 is 4.90 Å². The van der Waals surface area contributed by atoms with Crippen molar-refractivity contribution in [3.8, 4) is 11.3 Å². The summed E-state index contributed by atoms with van der Waals surface area (Å²) < 4.78 is 16.0. The number of hydrogen-bond acceptors (Lipinski definition) is 5. The van der Waals surface area contributed by atoms with Crippen molar-refractivity contribution in [2.24, 2.45) is 5.92 Å². The molecule has 0 aromatic carbocycles. The molecule has 0 spiro atoms. The molecule has 1 aliphatic heterocycles. The van der Waals surface area contributed by atoms with Crippen LogP contribution in [0, 0.1) is 5.92 Å². The third-order valence-electron chi connectivity index (χ3n) is 5.16. The van der Waals surface area contributed by atoms with E-state index < -0.39 is 5.67 Å². The van der Waals surface area contributed by atoms with Crippen LogP contribution in [0.1, 0.15) is 38.6 Å². The van der Waals surface area contributed by atoms with Crippen LogP contribution in [-0.4, -0.2) is 54.5 Å². The van der Waals surface area contributed by atoms with Crippen molar-refractivity contribution in [3.63, 3.8) is 0 Å². The Morgan fingerprint density at radius 2 is 2.08 bits per heavy atom. The minimum atomic E-state index is -1.25. The van der Waals surface area contributed by atoms with Crippen molar-refractivity contribution in [1.29, 1.82) is 0 Å². The molecule has 0 radical (unpaired) electrons. The Morgan fingerprint density at radius 1 is 1.32 bits per heavy atom. The van der Waals surface area contributed by atoms with E-state index in [1.807, 2.05) is 10.9 Å². The van der Waals surface area contributed by atoms with Crippen molar-refractivity contribution < 1.29 is 9.18 Å². The average Bonchev–Trinajstić information content (AvgIpc) is 3.03. The van der Waals surface area contributed by atoms with Crippen molar-refractivity contribution in [2.45, 2.75) is 44.3 Å². The maximum atomic E-state index is 14.1. The van der Waals surface area contributed by atoms with E-state index in [0.29, 0.717) is 13.0 Å². The van der Waals surface area contributed by atoms with Crippen LogP contribution in [0.15, 0.2) is 24.9 Å². The lowest BCUT2D eigenvalue weighted by molar-refractivity contribution is -0.143. The molecule has 1 saturated heterocycles. The number of carbonyl (C=O) groups excluding carboxylic acids is 1. The normalized spacial score (nSPS) is 29.3. The predicted octanol–water partition coefficient (Wildman–Crippen LogP) is 2.04. The van der Waals surface area contributed by atoms with Crippen molar-refractivity contribution in [1.82, 2.24) is 29.9 Å². The molecule has 132 valence electrons. The number of rotatable bonds is 3. The Kier molecular flexibility index (Phi) is 3.97. The molecule has 0 bridgehead atoms. The van der Waals surface area contributed by atoms with Gasteiger partial charge in [-0.2, -0.15) is 0 Å². The molecule has 4 rings (SSSR count). The van der Waals surface area contributed by atoms with E-state index >= 15 is 0 Å². The predicted molar refractivity (Wildman–Crippen MR) is 88.1 cm³/mol. The molecule has 1 unspecified atom stereocenters. The molecule has 7 nitrogen and oxygen atoms in total. The standard InChI is InChI=1S/C17H21FN6O/c1-17(18)3-2-4-23(10-17)16(25)12-5-14(6-12)24-9-15(21-22-24)13-7-19-11-20-8-13/h7-9,11-12,14H,2-6,10H2,1H3. The number of aromatic nitrogens is 5. The van der Waals surface area contributed by atoms with Crippen LogP contribution in [0.2, 0.25) is 0 Å². The molecular formula is C17H21FN6O. The third-order valence-corrected chi connectivity index (χ3v) is 5.16. The van der Waals surface area contributed by atoms with E-state index in [9.17, 15) is 9.18 Å². The Morgan fingerprint density at radius 3 is 2.80 bits per heavy atom. The van der Waals surface area contributed by atoms with E-state index in [1.165, 1.54) is 6.33 Å². The number of carbonyl (C=O) groups is 1. The number of likely N-dealkylation sites (tertiary alicyclic amines) is 1. The molecule has 1 saturated carbocycles. The fourth-order valence-electron chi connectivity index (χ4n) is 3.67. The van der Waals surface area contributed by atoms with Crippen LogP contribution in [0.25, 0.3) is 11.3 Å². The fourth-order valence-corrected chi connectivity index (χ4v) is 3.67. The highest BCUT2D eigenvalue weighted by molar-refractivity contribution is 5.80. The average molecular weight is 344 g/mol. The van der Waals surface area contributed by atoms with Gasteiger partial charge in [-0.1, -0.05) is 5.21 Å². The first-order valence-corrected chi connectivity index (χ1v) is 8.67. The summed E-state index contributed by atoms with van der Waals surface area (Å²) in [7, 11) is 0. The van der Waals surface area contributed by atoms with Gasteiger partial charge in [-0.15, -0.1) is 5.10 Å². The number of nitrogens with zero attached hydrogens (tertiary/aromatic N) is 6. The van der Waals surface area contributed by atoms with Gasteiger partial charge >= 0.3 is 0 Å². The number of amides is 1. The Labute approximate surface area is 145 Å². The second kappa shape index (κ2) is 6.16. The lowest BCUT2D eigenvalue weighted by Crippen LogP contribution is -2.50. The molecule has 2 aliphatic rings. The molecule has 0 N–H and O–H groups in total. The quantitative estimate of drug-likeness (QED) is 0.851. The van der Waals surface area contributed by atoms with Crippen molar-refractivity contribution in [3.05, 3.63) is 24.9 Å². The van der Waals surface area contributed by atoms with Crippen molar-refractivity contribution >= 4 is 5.91 Å². The molecular weight excluding hydrogens is 323 g/mol. The fraction of sp³-hybridized carbons (Fsp3) is 0.588. The summed E-state index contributed by atoms with van der Waals surface area (Å²) in [6, 6.07) is 0.168. The summed E-state index contributed by atoms with van der Waals surface area (Å²) in [5, 5.41) is 8.33. The summed E-state index contributed by atoms with van der Waals surface area (Å²) in [4.78, 5) is 22.2. The summed E-state index contributed by atoms with van der Waals surface area (Å²) in [6.07, 6.45) is 9.45. The van der Waals surface area contributed by atoms with Crippen LogP contribution < -0.4 is 0 Å². The van der Waals surface area contributed by atoms with Gasteiger partial charge in [0, 0.05) is 30.4 Å². The number of hydrogen-bond donors (Lipinski definition) is 0. The number of piperidine rings is 1. The van der Waals surface area contributed by atoms with Crippen LogP contribution in [0.4, 0.5) is 4.39 Å². The van der Waals surface area contributed by atoms with Crippen LogP contribution >= 0.6 is 0 Å². The molecule has 2 aromatic rings. The Hall–Kier alpha value is -2.38. The maximum Gasteiger partial charge on any atom is 0.225 e. The van der Waals surface area contributed by atoms with Gasteiger partial charge in [-0.25, -0.2) is 19.0 Å². The van der Waals surface area contributed by atoms with Gasteiger partial charge in [0.1, 0.15) is 17.7 Å². The molecule has 8 heteroatoms. The summed E-state index contributed by atoms with van der Waals surface area (Å²) in [6.45, 7) is 2.47. The number of alkyl halides is 1.